The topological polar surface area (TPSA) is 3.24 Å². The number of hydrogen-bond acceptors (Lipinski definition) is 1. The highest BCUT2D eigenvalue weighted by Crippen LogP contribution is 2.04. The van der Waals surface area contributed by atoms with E-state index in [2.05, 4.69) is 43.8 Å². The van der Waals surface area contributed by atoms with Crippen LogP contribution in [0.3, 0.4) is 0 Å². The van der Waals surface area contributed by atoms with E-state index in [9.17, 15) is 0 Å². The molecule has 0 spiro atoms. The Kier molecular flexibility index (Phi) is 3.63. The van der Waals surface area contributed by atoms with Crippen LogP contribution in [0, 0.1) is 0 Å². The first-order valence-electron chi connectivity index (χ1n) is 3.20. The van der Waals surface area contributed by atoms with Crippen LogP contribution in [0.15, 0.2) is 0 Å². The van der Waals surface area contributed by atoms with Crippen molar-refractivity contribution in [2.24, 2.45) is 0 Å². The maximum Gasteiger partial charge on any atom is 0.159 e. The molecule has 0 N–H and O–H groups in total. The van der Waals surface area contributed by atoms with Crippen LogP contribution in [-0.4, -0.2) is 32.3 Å². The molecule has 3 heteroatoms. The molecule has 0 aromatic carbocycles. The molecule has 0 rings (SSSR count). The average molecular weight is 162 g/mol. The van der Waals surface area contributed by atoms with Crippen LogP contribution < -0.4 is 0 Å². The molecular weight excluding hydrogens is 145 g/mol. The smallest absolute Gasteiger partial charge is 0.140 e. The summed E-state index contributed by atoms with van der Waals surface area (Å²) in [5.41, 5.74) is 2.48. The highest BCUT2D eigenvalue weighted by molar-refractivity contribution is 7.45. The van der Waals surface area contributed by atoms with Gasteiger partial charge in [-0.15, -0.1) is 4.67 Å². The predicted octanol–water partition coefficient (Wildman–Crippen LogP) is 1.82. The second kappa shape index (κ2) is 3.50. The Bertz CT molecular complexity index is 104. The third kappa shape index (κ3) is 8.35. The molecule has 0 aromatic heterocycles. The van der Waals surface area contributed by atoms with Crippen molar-refractivity contribution in [3.05, 3.63) is 0 Å². The Morgan fingerprint density at radius 2 is 1.67 bits per heavy atom. The summed E-state index contributed by atoms with van der Waals surface area (Å²) in [6, 6.07) is 0. The van der Waals surface area contributed by atoms with Crippen LogP contribution in [0.25, 0.3) is 0 Å². The van der Waals surface area contributed by atoms with Crippen LogP contribution in [0.1, 0.15) is 0 Å². The maximum atomic E-state index is 2.48. The fraction of sp³-hybridized carbons (Fsp3) is 0.833. The van der Waals surface area contributed by atoms with Crippen molar-refractivity contribution in [2.75, 3.05) is 14.1 Å². The lowest BCUT2D eigenvalue weighted by atomic mass is 11.3. The summed E-state index contributed by atoms with van der Waals surface area (Å²) in [6.07, 6.45) is 0. The van der Waals surface area contributed by atoms with Crippen molar-refractivity contribution in [3.63, 3.8) is 0 Å². The molecule has 1 nitrogen and oxygen atoms in total. The van der Waals surface area contributed by atoms with E-state index < -0.39 is 8.07 Å². The van der Waals surface area contributed by atoms with Gasteiger partial charge in [0.1, 0.15) is 8.07 Å². The van der Waals surface area contributed by atoms with E-state index in [0.29, 0.717) is 0 Å². The zero-order chi connectivity index (χ0) is 7.49. The highest BCUT2D eigenvalue weighted by Gasteiger charge is 2.12. The number of nitrogens with zero attached hydrogens (tertiary/aromatic N) is 1. The second-order valence-electron chi connectivity index (χ2n) is 3.53. The van der Waals surface area contributed by atoms with E-state index >= 15 is 0 Å². The third-order valence-electron chi connectivity index (χ3n) is 0.756. The average Bonchev–Trinajstić information content (AvgIpc) is 1.59. The Labute approximate surface area is 60.9 Å². The Morgan fingerprint density at radius 1 is 1.22 bits per heavy atom. The van der Waals surface area contributed by atoms with Crippen molar-refractivity contribution in [3.8, 4) is 0 Å². The van der Waals surface area contributed by atoms with Gasteiger partial charge in [-0.3, -0.25) is 0 Å². The van der Waals surface area contributed by atoms with Gasteiger partial charge in [0.15, 0.2) is 8.35 Å². The van der Waals surface area contributed by atoms with Crippen LogP contribution in [-0.2, 0) is 0 Å². The van der Waals surface area contributed by atoms with Crippen molar-refractivity contribution in [1.29, 1.82) is 0 Å². The summed E-state index contributed by atoms with van der Waals surface area (Å²) < 4.78 is 2.23. The molecule has 1 unspecified atom stereocenters. The molecule has 54 valence electrons. The minimum absolute atomic E-state index is 0.874. The summed E-state index contributed by atoms with van der Waals surface area (Å²) >= 11 is 0. The molecule has 0 aliphatic rings. The first-order valence-corrected chi connectivity index (χ1v) is 7.80. The van der Waals surface area contributed by atoms with E-state index in [1.807, 2.05) is 0 Å². The lowest BCUT2D eigenvalue weighted by Gasteiger charge is -2.02. The Balaban J connectivity index is 3.71. The molecule has 1 atom stereocenters. The standard InChI is InChI=1S/C6H16NPSi/c1-7(2)8-6-9(3,4)5/h6H,1-5H3/p+1. The maximum absolute atomic E-state index is 2.48. The molecule has 0 heterocycles. The predicted molar refractivity (Wildman–Crippen MR) is 51.4 cm³/mol. The molecule has 0 bridgehead atoms. The van der Waals surface area contributed by atoms with Crippen molar-refractivity contribution in [2.45, 2.75) is 19.6 Å². The van der Waals surface area contributed by atoms with Gasteiger partial charge in [0, 0.05) is 14.1 Å². The normalized spacial score (nSPS) is 13.6. The van der Waals surface area contributed by atoms with Crippen molar-refractivity contribution in [1.82, 2.24) is 4.67 Å². The largest absolute Gasteiger partial charge is 0.159 e. The van der Waals surface area contributed by atoms with E-state index in [1.54, 1.807) is 0 Å². The summed E-state index contributed by atoms with van der Waals surface area (Å²) in [5, 5.41) is 0. The molecule has 0 saturated carbocycles. The van der Waals surface area contributed by atoms with Crippen LogP contribution >= 0.6 is 8.35 Å². The minimum Gasteiger partial charge on any atom is -0.140 e. The quantitative estimate of drug-likeness (QED) is 0.442. The SMILES string of the molecule is CN(C)/[PH+]=C/[Si](C)(C)C. The molecule has 0 amide bonds. The van der Waals surface area contributed by atoms with Gasteiger partial charge in [0.05, 0.1) is 5.42 Å². The van der Waals surface area contributed by atoms with Gasteiger partial charge in [-0.05, 0) is 0 Å². The monoisotopic (exact) mass is 162 g/mol. The molecule has 0 aliphatic heterocycles. The van der Waals surface area contributed by atoms with Gasteiger partial charge in [0.2, 0.25) is 0 Å². The molecule has 9 heavy (non-hydrogen) atoms. The summed E-state index contributed by atoms with van der Waals surface area (Å²) in [4.78, 5) is 0. The number of hydrogen-bond donors (Lipinski definition) is 0. The fourth-order valence-corrected chi connectivity index (χ4v) is 2.90. The zero-order valence-corrected chi connectivity index (χ0v) is 9.02. The Morgan fingerprint density at radius 3 is 1.78 bits per heavy atom. The molecule has 0 saturated heterocycles. The molecule has 0 fully saturated rings. The lowest BCUT2D eigenvalue weighted by Crippen LogP contribution is -2.21. The first-order chi connectivity index (χ1) is 3.92. The third-order valence-corrected chi connectivity index (χ3v) is 5.25. The highest BCUT2D eigenvalue weighted by atomic mass is 31.1. The molecule has 0 aromatic rings. The van der Waals surface area contributed by atoms with Gasteiger partial charge in [0.25, 0.3) is 0 Å². The van der Waals surface area contributed by atoms with E-state index in [4.69, 9.17) is 0 Å². The summed E-state index contributed by atoms with van der Waals surface area (Å²) in [6.45, 7) is 7.09. The van der Waals surface area contributed by atoms with Gasteiger partial charge in [-0.2, -0.15) is 0 Å². The van der Waals surface area contributed by atoms with Crippen molar-refractivity contribution < 1.29 is 0 Å². The fourth-order valence-electron chi connectivity index (χ4n) is 0.323. The summed E-state index contributed by atoms with van der Waals surface area (Å²) in [7, 11) is 4.28. The summed E-state index contributed by atoms with van der Waals surface area (Å²) in [5.74, 6) is 0. The first kappa shape index (κ1) is 9.35. The van der Waals surface area contributed by atoms with Gasteiger partial charge in [-0.1, -0.05) is 19.6 Å². The molecular formula is C6H17NPSi+. The van der Waals surface area contributed by atoms with Crippen LogP contribution in [0.5, 0.6) is 0 Å². The van der Waals surface area contributed by atoms with Gasteiger partial charge >= 0.3 is 0 Å². The van der Waals surface area contributed by atoms with E-state index in [0.717, 1.165) is 8.35 Å². The van der Waals surface area contributed by atoms with E-state index in [1.165, 1.54) is 0 Å². The van der Waals surface area contributed by atoms with Gasteiger partial charge < -0.3 is 0 Å². The van der Waals surface area contributed by atoms with Crippen LogP contribution in [0.4, 0.5) is 0 Å². The lowest BCUT2D eigenvalue weighted by molar-refractivity contribution is 0.701. The van der Waals surface area contributed by atoms with Gasteiger partial charge in [-0.25, -0.2) is 0 Å². The Hall–Kier alpha value is 0.347. The van der Waals surface area contributed by atoms with Crippen LogP contribution in [0.2, 0.25) is 19.6 Å². The van der Waals surface area contributed by atoms with E-state index in [-0.39, 0.29) is 0 Å². The zero-order valence-electron chi connectivity index (χ0n) is 7.02. The number of rotatable bonds is 2. The minimum atomic E-state index is -0.874. The van der Waals surface area contributed by atoms with Crippen molar-refractivity contribution >= 4 is 21.8 Å². The second-order valence-corrected chi connectivity index (χ2v) is 10.6. The molecule has 0 aliphatic carbocycles. The molecule has 0 radical (unpaired) electrons.